The molecule has 0 aliphatic carbocycles. The smallest absolute Gasteiger partial charge is 0.295 e. The molecule has 0 saturated carbocycles. The summed E-state index contributed by atoms with van der Waals surface area (Å²) in [6.07, 6.45) is 0. The van der Waals surface area contributed by atoms with Crippen molar-refractivity contribution in [3.8, 4) is 11.3 Å². The largest absolute Gasteiger partial charge is 0.384 e. The van der Waals surface area contributed by atoms with Gasteiger partial charge in [-0.2, -0.15) is 0 Å². The molecule has 0 radical (unpaired) electrons. The van der Waals surface area contributed by atoms with Crippen molar-refractivity contribution in [3.63, 3.8) is 0 Å². The summed E-state index contributed by atoms with van der Waals surface area (Å²) in [6.45, 7) is 0. The molecule has 0 spiro atoms. The molecule has 18 heavy (non-hydrogen) atoms. The summed E-state index contributed by atoms with van der Waals surface area (Å²) in [5.74, 6) is -2.32. The third kappa shape index (κ3) is 1.97. The van der Waals surface area contributed by atoms with E-state index < -0.39 is 22.2 Å². The van der Waals surface area contributed by atoms with E-state index >= 15 is 0 Å². The third-order valence-corrected chi connectivity index (χ3v) is 2.30. The number of hydrogen-bond acceptors (Lipinski definition) is 4. The standard InChI is InChI=1S/C11H7F2N3O2/c12-7-3-1-2-6(10(7)13)11-8(16(17)18)4-5-9(14)15-11/h1-5H,(H2,14,15). The van der Waals surface area contributed by atoms with Crippen LogP contribution in [0.15, 0.2) is 30.3 Å². The van der Waals surface area contributed by atoms with Gasteiger partial charge in [-0.25, -0.2) is 13.8 Å². The Hall–Kier alpha value is -2.57. The highest BCUT2D eigenvalue weighted by molar-refractivity contribution is 5.71. The molecule has 2 rings (SSSR count). The molecule has 7 heteroatoms. The number of rotatable bonds is 2. The number of benzene rings is 1. The Morgan fingerprint density at radius 2 is 1.94 bits per heavy atom. The normalized spacial score (nSPS) is 10.3. The minimum absolute atomic E-state index is 0.0146. The zero-order valence-corrected chi connectivity index (χ0v) is 8.93. The molecule has 0 atom stereocenters. The average Bonchev–Trinajstić information content (AvgIpc) is 2.32. The molecule has 2 aromatic rings. The summed E-state index contributed by atoms with van der Waals surface area (Å²) in [5.41, 5.74) is 4.38. The first-order chi connectivity index (χ1) is 8.50. The number of nitro groups is 1. The molecule has 0 unspecified atom stereocenters. The van der Waals surface area contributed by atoms with Crippen LogP contribution in [0.2, 0.25) is 0 Å². The predicted octanol–water partition coefficient (Wildman–Crippen LogP) is 2.52. The van der Waals surface area contributed by atoms with E-state index in [0.717, 1.165) is 12.1 Å². The number of nitrogens with zero attached hydrogens (tertiary/aromatic N) is 2. The van der Waals surface area contributed by atoms with Crippen LogP contribution in [0.4, 0.5) is 20.3 Å². The second-order valence-electron chi connectivity index (χ2n) is 3.46. The van der Waals surface area contributed by atoms with Crippen LogP contribution in [0.5, 0.6) is 0 Å². The van der Waals surface area contributed by atoms with Crippen molar-refractivity contribution < 1.29 is 13.7 Å². The highest BCUT2D eigenvalue weighted by Crippen LogP contribution is 2.31. The van der Waals surface area contributed by atoms with Crippen LogP contribution in [0.1, 0.15) is 0 Å². The summed E-state index contributed by atoms with van der Waals surface area (Å²) in [4.78, 5) is 13.8. The van der Waals surface area contributed by atoms with Crippen molar-refractivity contribution in [1.29, 1.82) is 0 Å². The van der Waals surface area contributed by atoms with Crippen LogP contribution in [-0.4, -0.2) is 9.91 Å². The molecule has 0 fully saturated rings. The van der Waals surface area contributed by atoms with Crippen LogP contribution >= 0.6 is 0 Å². The van der Waals surface area contributed by atoms with Crippen molar-refractivity contribution in [2.45, 2.75) is 0 Å². The van der Waals surface area contributed by atoms with Gasteiger partial charge in [0.05, 0.1) is 4.92 Å². The van der Waals surface area contributed by atoms with Crippen molar-refractivity contribution in [2.75, 3.05) is 5.73 Å². The van der Waals surface area contributed by atoms with Crippen molar-refractivity contribution >= 4 is 11.5 Å². The number of aromatic nitrogens is 1. The Morgan fingerprint density at radius 1 is 1.22 bits per heavy atom. The Morgan fingerprint density at radius 3 is 2.61 bits per heavy atom. The molecule has 1 aromatic carbocycles. The van der Waals surface area contributed by atoms with Crippen molar-refractivity contribution in [1.82, 2.24) is 4.98 Å². The van der Waals surface area contributed by atoms with Gasteiger partial charge >= 0.3 is 0 Å². The first-order valence-electron chi connectivity index (χ1n) is 4.86. The second kappa shape index (κ2) is 4.36. The lowest BCUT2D eigenvalue weighted by Crippen LogP contribution is -2.00. The predicted molar refractivity (Wildman–Crippen MR) is 60.7 cm³/mol. The maximum atomic E-state index is 13.6. The highest BCUT2D eigenvalue weighted by atomic mass is 19.2. The zero-order chi connectivity index (χ0) is 13.3. The first-order valence-corrected chi connectivity index (χ1v) is 4.86. The van der Waals surface area contributed by atoms with Crippen LogP contribution < -0.4 is 5.73 Å². The lowest BCUT2D eigenvalue weighted by molar-refractivity contribution is -0.384. The molecule has 0 saturated heterocycles. The molecule has 2 N–H and O–H groups in total. The monoisotopic (exact) mass is 251 g/mol. The van der Waals surface area contributed by atoms with Gasteiger partial charge in [-0.3, -0.25) is 10.1 Å². The highest BCUT2D eigenvalue weighted by Gasteiger charge is 2.21. The van der Waals surface area contributed by atoms with Gasteiger partial charge in [-0.1, -0.05) is 6.07 Å². The van der Waals surface area contributed by atoms with Gasteiger partial charge in [-0.05, 0) is 18.2 Å². The Balaban J connectivity index is 2.73. The van der Waals surface area contributed by atoms with Gasteiger partial charge in [0.15, 0.2) is 17.3 Å². The molecule has 0 bridgehead atoms. The van der Waals surface area contributed by atoms with Crippen LogP contribution in [0, 0.1) is 21.7 Å². The molecule has 1 heterocycles. The number of pyridine rings is 1. The van der Waals surface area contributed by atoms with E-state index in [2.05, 4.69) is 4.98 Å². The number of nitrogen functional groups attached to an aromatic ring is 1. The fraction of sp³-hybridized carbons (Fsp3) is 0. The van der Waals surface area contributed by atoms with E-state index in [1.54, 1.807) is 0 Å². The molecule has 1 aromatic heterocycles. The maximum Gasteiger partial charge on any atom is 0.295 e. The lowest BCUT2D eigenvalue weighted by atomic mass is 10.1. The van der Waals surface area contributed by atoms with E-state index in [-0.39, 0.29) is 17.1 Å². The SMILES string of the molecule is Nc1ccc([N+](=O)[O-])c(-c2cccc(F)c2F)n1. The number of nitrogens with two attached hydrogens (primary N) is 1. The van der Waals surface area contributed by atoms with Gasteiger partial charge in [0.1, 0.15) is 5.82 Å². The van der Waals surface area contributed by atoms with Crippen LogP contribution in [0.3, 0.4) is 0 Å². The topological polar surface area (TPSA) is 82.0 Å². The van der Waals surface area contributed by atoms with Gasteiger partial charge < -0.3 is 5.73 Å². The van der Waals surface area contributed by atoms with E-state index in [9.17, 15) is 18.9 Å². The Kier molecular flexibility index (Phi) is 2.88. The fourth-order valence-corrected chi connectivity index (χ4v) is 1.50. The fourth-order valence-electron chi connectivity index (χ4n) is 1.50. The van der Waals surface area contributed by atoms with E-state index in [0.29, 0.717) is 0 Å². The third-order valence-electron chi connectivity index (χ3n) is 2.30. The molecular formula is C11H7F2N3O2. The number of anilines is 1. The van der Waals surface area contributed by atoms with E-state index in [1.165, 1.54) is 18.2 Å². The summed E-state index contributed by atoms with van der Waals surface area (Å²) in [7, 11) is 0. The maximum absolute atomic E-state index is 13.6. The van der Waals surface area contributed by atoms with Crippen molar-refractivity contribution in [3.05, 3.63) is 52.1 Å². The number of hydrogen-bond donors (Lipinski definition) is 1. The zero-order valence-electron chi connectivity index (χ0n) is 8.93. The molecular weight excluding hydrogens is 244 g/mol. The summed E-state index contributed by atoms with van der Waals surface area (Å²) >= 11 is 0. The Labute approximate surface area is 100 Å². The molecule has 0 amide bonds. The van der Waals surface area contributed by atoms with Crippen LogP contribution in [0.25, 0.3) is 11.3 Å². The summed E-state index contributed by atoms with van der Waals surface area (Å²) in [6, 6.07) is 5.67. The minimum Gasteiger partial charge on any atom is -0.384 e. The summed E-state index contributed by atoms with van der Waals surface area (Å²) < 4.78 is 26.7. The van der Waals surface area contributed by atoms with Gasteiger partial charge in [0, 0.05) is 11.6 Å². The quantitative estimate of drug-likeness (QED) is 0.656. The lowest BCUT2D eigenvalue weighted by Gasteiger charge is -2.05. The molecule has 0 aliphatic heterocycles. The molecule has 92 valence electrons. The van der Waals surface area contributed by atoms with Gasteiger partial charge in [0.25, 0.3) is 5.69 Å². The molecule has 0 aliphatic rings. The van der Waals surface area contributed by atoms with Crippen molar-refractivity contribution in [2.24, 2.45) is 0 Å². The van der Waals surface area contributed by atoms with Gasteiger partial charge in [-0.15, -0.1) is 0 Å². The van der Waals surface area contributed by atoms with Crippen LogP contribution in [-0.2, 0) is 0 Å². The summed E-state index contributed by atoms with van der Waals surface area (Å²) in [5, 5.41) is 10.8. The first kappa shape index (κ1) is 11.9. The van der Waals surface area contributed by atoms with E-state index in [1.807, 2.05) is 0 Å². The average molecular weight is 251 g/mol. The van der Waals surface area contributed by atoms with Gasteiger partial charge in [0.2, 0.25) is 0 Å². The Bertz CT molecular complexity index is 632. The number of halogens is 2. The molecule has 5 nitrogen and oxygen atoms in total. The second-order valence-corrected chi connectivity index (χ2v) is 3.46. The minimum atomic E-state index is -1.20. The van der Waals surface area contributed by atoms with E-state index in [4.69, 9.17) is 5.73 Å².